The van der Waals surface area contributed by atoms with Crippen molar-refractivity contribution in [2.75, 3.05) is 13.7 Å². The summed E-state index contributed by atoms with van der Waals surface area (Å²) in [4.78, 5) is 66.7. The lowest BCUT2D eigenvalue weighted by Crippen LogP contribution is -2.59. The molecule has 14 heteroatoms. The van der Waals surface area contributed by atoms with Crippen LogP contribution in [-0.4, -0.2) is 110 Å². The summed E-state index contributed by atoms with van der Waals surface area (Å²) in [5, 5.41) is 11.5. The SMILES string of the molecule is CO[C@]1(C)C[C@@H](C)C(=O)[C@@H](C)[C@@H]2N(CCCCn3cnc(-c4cccnc4)c3)C(=O)O[C@]2(C)C(C)OC(=O)[C@H](C)C(=O)[C@H](C)C1O[C@@H]1O[C@H](C)C[C@H](C(C)C)[C@H]1O. The van der Waals surface area contributed by atoms with Crippen LogP contribution in [0.3, 0.4) is 0 Å². The zero-order chi connectivity index (χ0) is 42.0. The number of Topliss-reactive ketones (excluding diaryl/α,β-unsaturated/α-hetero) is 2. The molecule has 0 radical (unpaired) electrons. The van der Waals surface area contributed by atoms with Gasteiger partial charge in [0.05, 0.1) is 35.9 Å². The van der Waals surface area contributed by atoms with Gasteiger partial charge in [-0.2, -0.15) is 0 Å². The Bertz CT molecular complexity index is 1720. The zero-order valence-electron chi connectivity index (χ0n) is 35.5. The van der Waals surface area contributed by atoms with Crippen molar-refractivity contribution in [2.24, 2.45) is 35.5 Å². The number of aliphatic hydroxyl groups excluding tert-OH is 1. The molecule has 1 N–H and O–H groups in total. The highest BCUT2D eigenvalue weighted by Gasteiger charge is 2.59. The number of aryl methyl sites for hydroxylation is 1. The monoisotopic (exact) mass is 796 g/mol. The Hall–Kier alpha value is -3.72. The Kier molecular flexibility index (Phi) is 14.1. The van der Waals surface area contributed by atoms with E-state index in [9.17, 15) is 24.3 Å². The molecule has 3 fully saturated rings. The Balaban J connectivity index is 1.41. The molecular formula is C43H64N4O10. The molecule has 57 heavy (non-hydrogen) atoms. The Morgan fingerprint density at radius 2 is 1.70 bits per heavy atom. The number of cyclic esters (lactones) is 1. The van der Waals surface area contributed by atoms with Gasteiger partial charge in [0.1, 0.15) is 23.9 Å². The van der Waals surface area contributed by atoms with Crippen LogP contribution in [0, 0.1) is 35.5 Å². The van der Waals surface area contributed by atoms with Crippen LogP contribution in [0.5, 0.6) is 0 Å². The van der Waals surface area contributed by atoms with Gasteiger partial charge in [-0.05, 0) is 84.3 Å². The molecule has 3 saturated heterocycles. The van der Waals surface area contributed by atoms with Crippen molar-refractivity contribution in [1.82, 2.24) is 19.4 Å². The molecule has 0 spiro atoms. The second-order valence-corrected chi connectivity index (χ2v) is 17.4. The molecule has 0 aliphatic carbocycles. The van der Waals surface area contributed by atoms with Crippen molar-refractivity contribution < 1.29 is 48.0 Å². The van der Waals surface area contributed by atoms with Crippen molar-refractivity contribution >= 4 is 23.6 Å². The summed E-state index contributed by atoms with van der Waals surface area (Å²) in [7, 11) is 1.50. The predicted octanol–water partition coefficient (Wildman–Crippen LogP) is 5.88. The fraction of sp³-hybridized carbons (Fsp3) is 0.721. The number of aliphatic hydroxyl groups is 1. The van der Waals surface area contributed by atoms with Gasteiger partial charge in [0, 0.05) is 62.1 Å². The third kappa shape index (κ3) is 9.29. The summed E-state index contributed by atoms with van der Waals surface area (Å²) in [6.07, 6.45) is 4.39. The van der Waals surface area contributed by atoms with Gasteiger partial charge in [-0.1, -0.05) is 34.6 Å². The molecule has 3 aliphatic heterocycles. The average Bonchev–Trinajstić information content (AvgIpc) is 3.76. The smallest absolute Gasteiger partial charge is 0.410 e. The number of carbonyl (C=O) groups is 4. The first-order valence-electron chi connectivity index (χ1n) is 20.6. The Morgan fingerprint density at radius 3 is 2.35 bits per heavy atom. The molecule has 1 amide bonds. The first-order valence-corrected chi connectivity index (χ1v) is 20.6. The van der Waals surface area contributed by atoms with E-state index in [-0.39, 0.29) is 30.1 Å². The summed E-state index contributed by atoms with van der Waals surface area (Å²) < 4.78 is 33.0. The fourth-order valence-electron chi connectivity index (χ4n) is 9.26. The number of rotatable bonds is 10. The van der Waals surface area contributed by atoms with E-state index in [0.717, 1.165) is 11.3 Å². The molecule has 0 bridgehead atoms. The molecule has 316 valence electrons. The number of nitrogens with zero attached hydrogens (tertiary/aromatic N) is 4. The minimum absolute atomic E-state index is 0.112. The lowest BCUT2D eigenvalue weighted by atomic mass is 9.73. The average molecular weight is 797 g/mol. The summed E-state index contributed by atoms with van der Waals surface area (Å²) in [6, 6.07) is 3.02. The van der Waals surface area contributed by atoms with Crippen LogP contribution in [-0.2, 0) is 44.6 Å². The summed E-state index contributed by atoms with van der Waals surface area (Å²) in [6.45, 7) is 18.8. The van der Waals surface area contributed by atoms with Gasteiger partial charge in [-0.3, -0.25) is 19.4 Å². The number of methoxy groups -OCH3 is 1. The van der Waals surface area contributed by atoms with Gasteiger partial charge in [0.2, 0.25) is 0 Å². The van der Waals surface area contributed by atoms with Gasteiger partial charge in [0.15, 0.2) is 17.7 Å². The number of esters is 1. The van der Waals surface area contributed by atoms with Gasteiger partial charge in [-0.25, -0.2) is 9.78 Å². The number of pyridine rings is 1. The summed E-state index contributed by atoms with van der Waals surface area (Å²) in [5.41, 5.74) is -0.927. The van der Waals surface area contributed by atoms with E-state index in [1.54, 1.807) is 58.2 Å². The summed E-state index contributed by atoms with van der Waals surface area (Å²) >= 11 is 0. The number of unbranched alkanes of at least 4 members (excludes halogenated alkanes) is 1. The number of carbonyl (C=O) groups excluding carboxylic acids is 4. The molecule has 5 heterocycles. The number of ketones is 2. The van der Waals surface area contributed by atoms with Crippen LogP contribution in [0.4, 0.5) is 4.79 Å². The van der Waals surface area contributed by atoms with E-state index in [4.69, 9.17) is 23.7 Å². The number of ether oxygens (including phenoxy) is 5. The molecule has 0 saturated carbocycles. The predicted molar refractivity (Wildman–Crippen MR) is 210 cm³/mol. The van der Waals surface area contributed by atoms with Crippen molar-refractivity contribution in [1.29, 1.82) is 0 Å². The highest BCUT2D eigenvalue weighted by molar-refractivity contribution is 6.00. The number of fused-ring (bicyclic) bond motifs is 1. The maximum absolute atomic E-state index is 14.6. The largest absolute Gasteiger partial charge is 0.458 e. The van der Waals surface area contributed by atoms with E-state index < -0.39 is 83.4 Å². The van der Waals surface area contributed by atoms with Gasteiger partial charge in [0.25, 0.3) is 0 Å². The van der Waals surface area contributed by atoms with Gasteiger partial charge < -0.3 is 38.3 Å². The normalized spacial score (nSPS) is 37.1. The van der Waals surface area contributed by atoms with Crippen LogP contribution in [0.25, 0.3) is 11.3 Å². The van der Waals surface area contributed by atoms with E-state index in [2.05, 4.69) is 9.97 Å². The number of hydrogen-bond donors (Lipinski definition) is 1. The first kappa shape index (κ1) is 44.4. The zero-order valence-corrected chi connectivity index (χ0v) is 35.5. The lowest BCUT2D eigenvalue weighted by molar-refractivity contribution is -0.299. The minimum atomic E-state index is -1.41. The second kappa shape index (κ2) is 18.0. The van der Waals surface area contributed by atoms with Crippen molar-refractivity contribution in [2.45, 2.75) is 149 Å². The van der Waals surface area contributed by atoms with Crippen molar-refractivity contribution in [3.63, 3.8) is 0 Å². The third-order valence-corrected chi connectivity index (χ3v) is 12.9. The van der Waals surface area contributed by atoms with Gasteiger partial charge >= 0.3 is 12.1 Å². The third-order valence-electron chi connectivity index (χ3n) is 12.9. The van der Waals surface area contributed by atoms with Crippen LogP contribution in [0.1, 0.15) is 94.9 Å². The molecule has 2 aromatic heterocycles. The Labute approximate surface area is 337 Å². The fourth-order valence-corrected chi connectivity index (χ4v) is 9.26. The number of amides is 1. The molecule has 14 nitrogen and oxygen atoms in total. The van der Waals surface area contributed by atoms with Crippen LogP contribution < -0.4 is 0 Å². The van der Waals surface area contributed by atoms with E-state index in [1.807, 2.05) is 50.6 Å². The minimum Gasteiger partial charge on any atom is -0.458 e. The van der Waals surface area contributed by atoms with E-state index in [1.165, 1.54) is 14.0 Å². The molecule has 2 unspecified atom stereocenters. The number of aromatic nitrogens is 3. The highest BCUT2D eigenvalue weighted by Crippen LogP contribution is 2.43. The highest BCUT2D eigenvalue weighted by atomic mass is 16.7. The van der Waals surface area contributed by atoms with Crippen molar-refractivity contribution in [3.05, 3.63) is 37.1 Å². The molecule has 3 aliphatic rings. The maximum atomic E-state index is 14.6. The molecule has 0 aromatic carbocycles. The lowest BCUT2D eigenvalue weighted by Gasteiger charge is -2.46. The second-order valence-electron chi connectivity index (χ2n) is 17.4. The van der Waals surface area contributed by atoms with E-state index >= 15 is 0 Å². The molecule has 5 rings (SSSR count). The molecular weight excluding hydrogens is 732 g/mol. The van der Waals surface area contributed by atoms with Crippen LogP contribution in [0.15, 0.2) is 37.1 Å². The van der Waals surface area contributed by atoms with E-state index in [0.29, 0.717) is 32.4 Å². The maximum Gasteiger partial charge on any atom is 0.410 e. The number of hydrogen-bond acceptors (Lipinski definition) is 12. The van der Waals surface area contributed by atoms with Crippen LogP contribution >= 0.6 is 0 Å². The van der Waals surface area contributed by atoms with Crippen molar-refractivity contribution in [3.8, 4) is 11.3 Å². The summed E-state index contributed by atoms with van der Waals surface area (Å²) in [5.74, 6) is -4.89. The molecule has 2 aromatic rings. The van der Waals surface area contributed by atoms with Crippen LogP contribution in [0.2, 0.25) is 0 Å². The quantitative estimate of drug-likeness (QED) is 0.173. The Morgan fingerprint density at radius 1 is 1.00 bits per heavy atom. The first-order chi connectivity index (χ1) is 26.8. The standard InChI is InChI=1S/C43H64N4O10/c1-24(2)32-19-26(4)54-40(36(32)50)56-38-28(6)35(49)29(7)39(51)55-30(8)43(10)37(27(5)34(48)25(3)20-42(38,9)53-11)47(41(52)57-43)18-13-12-17-46-22-33(45-23-46)31-15-14-16-44-21-31/h14-16,21-30,32,36-38,40,50H,12-13,17-20H2,1-11H3/t25-,26-,27-,28+,29-,30?,32-,36-,37+,38?,40+,42-,43-/m1/s1. The number of imidazole rings is 1. The molecule has 13 atom stereocenters. The topological polar surface area (TPSA) is 169 Å². The van der Waals surface area contributed by atoms with Gasteiger partial charge in [-0.15, -0.1) is 0 Å².